The molecule has 0 atom stereocenters. The molecular formula is C26H26N2O3. The summed E-state index contributed by atoms with van der Waals surface area (Å²) in [5.41, 5.74) is 5.04. The molecule has 0 radical (unpaired) electrons. The zero-order valence-electron chi connectivity index (χ0n) is 17.7. The Labute approximate surface area is 182 Å². The molecule has 1 heterocycles. The SMILES string of the molecule is Cc1ccc(C(=O)N2CCN(C(=O)OCc3ccc(-c4ccccc4)cc3)CC2)cc1. The molecule has 31 heavy (non-hydrogen) atoms. The second-order valence-electron chi connectivity index (χ2n) is 7.76. The maximum absolute atomic E-state index is 12.6. The minimum Gasteiger partial charge on any atom is -0.445 e. The van der Waals surface area contributed by atoms with Crippen LogP contribution in [0.3, 0.4) is 0 Å². The Morgan fingerprint density at radius 2 is 1.32 bits per heavy atom. The Morgan fingerprint density at radius 3 is 1.97 bits per heavy atom. The van der Waals surface area contributed by atoms with Crippen molar-refractivity contribution < 1.29 is 14.3 Å². The summed E-state index contributed by atoms with van der Waals surface area (Å²) in [7, 11) is 0. The van der Waals surface area contributed by atoms with Crippen LogP contribution in [-0.4, -0.2) is 48.0 Å². The van der Waals surface area contributed by atoms with Crippen LogP contribution in [0.15, 0.2) is 78.9 Å². The summed E-state index contributed by atoms with van der Waals surface area (Å²) in [4.78, 5) is 28.5. The highest BCUT2D eigenvalue weighted by Crippen LogP contribution is 2.19. The Kier molecular flexibility index (Phi) is 6.32. The van der Waals surface area contributed by atoms with Gasteiger partial charge in [-0.1, -0.05) is 72.3 Å². The molecule has 1 aliphatic rings. The van der Waals surface area contributed by atoms with Crippen LogP contribution in [0.1, 0.15) is 21.5 Å². The van der Waals surface area contributed by atoms with E-state index in [1.807, 2.05) is 73.7 Å². The van der Waals surface area contributed by atoms with Gasteiger partial charge in [0.05, 0.1) is 0 Å². The Balaban J connectivity index is 1.25. The summed E-state index contributed by atoms with van der Waals surface area (Å²) < 4.78 is 5.49. The molecule has 5 heteroatoms. The van der Waals surface area contributed by atoms with Crippen LogP contribution in [-0.2, 0) is 11.3 Å². The molecule has 0 aliphatic carbocycles. The van der Waals surface area contributed by atoms with Crippen molar-refractivity contribution in [2.24, 2.45) is 0 Å². The van der Waals surface area contributed by atoms with E-state index in [-0.39, 0.29) is 18.6 Å². The number of nitrogens with zero attached hydrogens (tertiary/aromatic N) is 2. The van der Waals surface area contributed by atoms with E-state index in [9.17, 15) is 9.59 Å². The summed E-state index contributed by atoms with van der Waals surface area (Å²) in [6.45, 7) is 4.20. The number of hydrogen-bond donors (Lipinski definition) is 0. The van der Waals surface area contributed by atoms with Crippen molar-refractivity contribution in [2.45, 2.75) is 13.5 Å². The van der Waals surface area contributed by atoms with Gasteiger partial charge in [0.2, 0.25) is 0 Å². The molecule has 1 saturated heterocycles. The number of rotatable bonds is 4. The lowest BCUT2D eigenvalue weighted by Crippen LogP contribution is -2.50. The molecule has 0 aromatic heterocycles. The van der Waals surface area contributed by atoms with Gasteiger partial charge in [-0.15, -0.1) is 0 Å². The van der Waals surface area contributed by atoms with Crippen molar-refractivity contribution in [2.75, 3.05) is 26.2 Å². The number of carbonyl (C=O) groups is 2. The Morgan fingerprint density at radius 1 is 0.742 bits per heavy atom. The van der Waals surface area contributed by atoms with E-state index in [2.05, 4.69) is 12.1 Å². The van der Waals surface area contributed by atoms with Crippen LogP contribution in [0.25, 0.3) is 11.1 Å². The largest absolute Gasteiger partial charge is 0.445 e. The summed E-state index contributed by atoms with van der Waals surface area (Å²) in [5, 5.41) is 0. The highest BCUT2D eigenvalue weighted by molar-refractivity contribution is 5.94. The molecular weight excluding hydrogens is 388 g/mol. The molecule has 0 unspecified atom stereocenters. The number of hydrogen-bond acceptors (Lipinski definition) is 3. The van der Waals surface area contributed by atoms with Gasteiger partial charge in [-0.2, -0.15) is 0 Å². The van der Waals surface area contributed by atoms with Gasteiger partial charge >= 0.3 is 6.09 Å². The van der Waals surface area contributed by atoms with Crippen molar-refractivity contribution in [3.8, 4) is 11.1 Å². The lowest BCUT2D eigenvalue weighted by Gasteiger charge is -2.34. The molecule has 1 fully saturated rings. The predicted molar refractivity (Wildman–Crippen MR) is 121 cm³/mol. The second kappa shape index (κ2) is 9.47. The van der Waals surface area contributed by atoms with Crippen LogP contribution in [0, 0.1) is 6.92 Å². The van der Waals surface area contributed by atoms with Crippen LogP contribution < -0.4 is 0 Å². The number of ether oxygens (including phenoxy) is 1. The number of benzene rings is 3. The van der Waals surface area contributed by atoms with Crippen molar-refractivity contribution in [1.29, 1.82) is 0 Å². The lowest BCUT2D eigenvalue weighted by atomic mass is 10.0. The van der Waals surface area contributed by atoms with Gasteiger partial charge in [-0.25, -0.2) is 4.79 Å². The minimum absolute atomic E-state index is 0.00604. The van der Waals surface area contributed by atoms with Crippen LogP contribution in [0.2, 0.25) is 0 Å². The quantitative estimate of drug-likeness (QED) is 0.619. The summed E-state index contributed by atoms with van der Waals surface area (Å²) in [6.07, 6.45) is -0.338. The van der Waals surface area contributed by atoms with Crippen molar-refractivity contribution in [1.82, 2.24) is 9.80 Å². The van der Waals surface area contributed by atoms with Gasteiger partial charge in [0.1, 0.15) is 6.61 Å². The van der Waals surface area contributed by atoms with Gasteiger partial charge in [0.15, 0.2) is 0 Å². The zero-order chi connectivity index (χ0) is 21.6. The van der Waals surface area contributed by atoms with E-state index in [0.29, 0.717) is 31.7 Å². The third-order valence-corrected chi connectivity index (χ3v) is 5.55. The second-order valence-corrected chi connectivity index (χ2v) is 7.76. The van der Waals surface area contributed by atoms with E-state index in [1.54, 1.807) is 9.80 Å². The summed E-state index contributed by atoms with van der Waals surface area (Å²) in [5.74, 6) is 0.00604. The molecule has 0 saturated carbocycles. The maximum atomic E-state index is 12.6. The van der Waals surface area contributed by atoms with Crippen LogP contribution in [0.4, 0.5) is 4.79 Å². The normalized spacial score (nSPS) is 13.7. The zero-order valence-corrected chi connectivity index (χ0v) is 17.7. The molecule has 158 valence electrons. The summed E-state index contributed by atoms with van der Waals surface area (Å²) >= 11 is 0. The molecule has 0 spiro atoms. The fourth-order valence-electron chi connectivity index (χ4n) is 3.63. The Bertz CT molecular complexity index is 1020. The standard InChI is InChI=1S/C26H26N2O3/c1-20-7-11-24(12-8-20)25(29)27-15-17-28(18-16-27)26(30)31-19-21-9-13-23(14-10-21)22-5-3-2-4-6-22/h2-14H,15-19H2,1H3. The number of amides is 2. The molecule has 3 aromatic carbocycles. The molecule has 0 bridgehead atoms. The first kappa shape index (κ1) is 20.7. The monoisotopic (exact) mass is 414 g/mol. The first-order valence-electron chi connectivity index (χ1n) is 10.5. The number of piperazine rings is 1. The molecule has 0 N–H and O–H groups in total. The van der Waals surface area contributed by atoms with Gasteiger partial charge < -0.3 is 14.5 Å². The average Bonchev–Trinajstić information content (AvgIpc) is 2.83. The number of aryl methyl sites for hydroxylation is 1. The fraction of sp³-hybridized carbons (Fsp3) is 0.231. The van der Waals surface area contributed by atoms with Crippen LogP contribution >= 0.6 is 0 Å². The molecule has 1 aliphatic heterocycles. The maximum Gasteiger partial charge on any atom is 0.410 e. The molecule has 3 aromatic rings. The average molecular weight is 415 g/mol. The van der Waals surface area contributed by atoms with Crippen molar-refractivity contribution in [3.63, 3.8) is 0 Å². The highest BCUT2D eigenvalue weighted by atomic mass is 16.6. The van der Waals surface area contributed by atoms with Crippen LogP contribution in [0.5, 0.6) is 0 Å². The first-order chi connectivity index (χ1) is 15.1. The summed E-state index contributed by atoms with van der Waals surface area (Å²) in [6, 6.07) is 25.8. The van der Waals surface area contributed by atoms with E-state index in [4.69, 9.17) is 4.74 Å². The highest BCUT2D eigenvalue weighted by Gasteiger charge is 2.25. The number of carbonyl (C=O) groups excluding carboxylic acids is 2. The van der Waals surface area contributed by atoms with E-state index < -0.39 is 0 Å². The van der Waals surface area contributed by atoms with E-state index in [0.717, 1.165) is 22.3 Å². The molecule has 5 nitrogen and oxygen atoms in total. The fourth-order valence-corrected chi connectivity index (χ4v) is 3.63. The van der Waals surface area contributed by atoms with Crippen molar-refractivity contribution in [3.05, 3.63) is 95.6 Å². The Hall–Kier alpha value is -3.60. The molecule has 2 amide bonds. The van der Waals surface area contributed by atoms with Gasteiger partial charge in [0.25, 0.3) is 5.91 Å². The van der Waals surface area contributed by atoms with Gasteiger partial charge in [0, 0.05) is 31.7 Å². The van der Waals surface area contributed by atoms with E-state index in [1.165, 1.54) is 0 Å². The predicted octanol–water partition coefficient (Wildman–Crippen LogP) is 4.76. The lowest BCUT2D eigenvalue weighted by molar-refractivity contribution is 0.0544. The van der Waals surface area contributed by atoms with Crippen molar-refractivity contribution >= 4 is 12.0 Å². The van der Waals surface area contributed by atoms with E-state index >= 15 is 0 Å². The smallest absolute Gasteiger partial charge is 0.410 e. The third kappa shape index (κ3) is 5.12. The first-order valence-corrected chi connectivity index (χ1v) is 10.5. The van der Waals surface area contributed by atoms with Gasteiger partial charge in [-0.3, -0.25) is 4.79 Å². The topological polar surface area (TPSA) is 49.9 Å². The van der Waals surface area contributed by atoms with Gasteiger partial charge in [-0.05, 0) is 35.7 Å². The molecule has 4 rings (SSSR count). The minimum atomic E-state index is -0.338. The third-order valence-electron chi connectivity index (χ3n) is 5.55.